The largest absolute Gasteiger partial charge is 0.371 e. The van der Waals surface area contributed by atoms with Gasteiger partial charge in [0, 0.05) is 99.7 Å². The average molecular weight is 1060 g/mol. The lowest BCUT2D eigenvalue weighted by Gasteiger charge is -2.38. The molecular weight excluding hydrogens is 971 g/mol. The van der Waals surface area contributed by atoms with Gasteiger partial charge in [-0.2, -0.15) is 0 Å². The van der Waals surface area contributed by atoms with E-state index in [-0.39, 0.29) is 65.5 Å². The third kappa shape index (κ3) is 20.7. The number of piperidine rings is 2. The van der Waals surface area contributed by atoms with Crippen LogP contribution in [0.25, 0.3) is 0 Å². The number of carbonyl (C=O) groups is 4. The molecular formula is C56H89Cl2FN8O6. The Bertz CT molecular complexity index is 1960. The fourth-order valence-corrected chi connectivity index (χ4v) is 11.7. The first-order valence-electron chi connectivity index (χ1n) is 27.8. The molecule has 2 aliphatic carbocycles. The fraction of sp³-hybridized carbons (Fsp3) is 0.714. The Labute approximate surface area is 446 Å². The molecule has 2 aliphatic heterocycles. The van der Waals surface area contributed by atoms with Gasteiger partial charge in [0.05, 0.1) is 30.4 Å². The highest BCUT2D eigenvalue weighted by molar-refractivity contribution is 6.31. The van der Waals surface area contributed by atoms with E-state index >= 15 is 4.39 Å². The summed E-state index contributed by atoms with van der Waals surface area (Å²) in [5, 5.41) is 19.5. The van der Waals surface area contributed by atoms with Crippen LogP contribution in [0, 0.1) is 29.5 Å². The number of urea groups is 2. The first-order chi connectivity index (χ1) is 35.4. The molecule has 0 aromatic heterocycles. The maximum absolute atomic E-state index is 15.1. The van der Waals surface area contributed by atoms with Crippen LogP contribution in [0.2, 0.25) is 10.0 Å². The Morgan fingerprint density at radius 3 is 1.60 bits per heavy atom. The molecule has 73 heavy (non-hydrogen) atoms. The van der Waals surface area contributed by atoms with Crippen LogP contribution in [0.3, 0.4) is 0 Å². The van der Waals surface area contributed by atoms with Gasteiger partial charge in [-0.25, -0.2) is 14.0 Å². The van der Waals surface area contributed by atoms with E-state index in [0.29, 0.717) is 74.6 Å². The molecule has 6 rings (SSSR count). The Balaban J connectivity index is 0.000000271. The topological polar surface area (TPSA) is 165 Å². The van der Waals surface area contributed by atoms with Crippen molar-refractivity contribution in [2.75, 3.05) is 79.7 Å². The smallest absolute Gasteiger partial charge is 0.317 e. The number of carbonyl (C=O) groups excluding carboxylic acids is 4. The van der Waals surface area contributed by atoms with Crippen molar-refractivity contribution >= 4 is 47.1 Å². The van der Waals surface area contributed by atoms with Gasteiger partial charge in [0.15, 0.2) is 0 Å². The summed E-state index contributed by atoms with van der Waals surface area (Å²) in [5.74, 6) is 0.914. The molecule has 0 bridgehead atoms. The highest BCUT2D eigenvalue weighted by atomic mass is 35.5. The van der Waals surface area contributed by atoms with E-state index in [1.165, 1.54) is 70.3 Å². The van der Waals surface area contributed by atoms with Crippen molar-refractivity contribution in [3.63, 3.8) is 0 Å². The van der Waals surface area contributed by atoms with Gasteiger partial charge in [0.25, 0.3) is 0 Å². The van der Waals surface area contributed by atoms with Gasteiger partial charge in [-0.15, -0.1) is 0 Å². The maximum Gasteiger partial charge on any atom is 0.317 e. The van der Waals surface area contributed by atoms with Crippen molar-refractivity contribution in [3.05, 3.63) is 69.5 Å². The lowest BCUT2D eigenvalue weighted by molar-refractivity contribution is -0.122. The highest BCUT2D eigenvalue weighted by Crippen LogP contribution is 2.37. The minimum Gasteiger partial charge on any atom is -0.371 e. The maximum atomic E-state index is 15.1. The zero-order valence-corrected chi connectivity index (χ0v) is 45.9. The van der Waals surface area contributed by atoms with Crippen LogP contribution < -0.4 is 31.9 Å². The molecule has 17 heteroatoms. The third-order valence-electron chi connectivity index (χ3n) is 15.1. The van der Waals surface area contributed by atoms with E-state index in [0.717, 1.165) is 63.7 Å². The van der Waals surface area contributed by atoms with E-state index in [1.807, 2.05) is 55.1 Å². The predicted octanol–water partition coefficient (Wildman–Crippen LogP) is 9.95. The number of rotatable bonds is 24. The molecule has 4 aliphatic rings. The van der Waals surface area contributed by atoms with E-state index in [4.69, 9.17) is 32.7 Å². The van der Waals surface area contributed by atoms with Crippen molar-refractivity contribution in [2.24, 2.45) is 23.7 Å². The van der Waals surface area contributed by atoms with Crippen LogP contribution in [0.15, 0.2) is 42.5 Å². The van der Waals surface area contributed by atoms with Crippen LogP contribution in [0.5, 0.6) is 0 Å². The number of nitrogens with one attached hydrogen (secondary N) is 6. The van der Waals surface area contributed by atoms with Crippen LogP contribution >= 0.6 is 23.2 Å². The molecule has 2 aromatic carbocycles. The number of amides is 6. The molecule has 2 saturated heterocycles. The summed E-state index contributed by atoms with van der Waals surface area (Å²) < 4.78 is 27.5. The molecule has 1 unspecified atom stereocenters. The lowest BCUT2D eigenvalue weighted by atomic mass is 9.85. The summed E-state index contributed by atoms with van der Waals surface area (Å²) >= 11 is 12.4. The summed E-state index contributed by atoms with van der Waals surface area (Å²) in [6.45, 7) is 9.15. The molecule has 14 nitrogen and oxygen atoms in total. The molecule has 0 spiro atoms. The summed E-state index contributed by atoms with van der Waals surface area (Å²) in [6, 6.07) is 12.9. The standard InChI is InChI=1S/C28H44ClFN4O3.C28H45ClN4O3/c1-3-25(35)32-14-16-37-27(23-12-7-13-24(29)26(23)30)21-11-8-15-34(19-21)28(36)33-22(18-31-2)17-20-9-5-4-6-10-20;1-3-26(34)31-14-16-36-27(22-11-7-13-24(29)18-22)23-12-8-15-33(20-23)28(35)32-25(19-30-2)17-21-9-5-4-6-10-21/h7,12-13,20-22,27,31H,3-6,8-11,14-19H2,1-2H3,(H,32,35)(H,33,36);7,11,13,18,21,23,25,27,30H,3-6,8-10,12,14-17,19-20H2,1-2H3,(H,31,34)(H,32,35)/t21?,22-,27+;23-,25+,27+/m01/s1. The van der Waals surface area contributed by atoms with Crippen LogP contribution in [-0.4, -0.2) is 125 Å². The average Bonchev–Trinajstić information content (AvgIpc) is 3.40. The molecule has 6 amide bonds. The van der Waals surface area contributed by atoms with Crippen LogP contribution in [0.1, 0.15) is 153 Å². The zero-order chi connectivity index (χ0) is 52.4. The van der Waals surface area contributed by atoms with E-state index in [1.54, 1.807) is 19.1 Å². The molecule has 2 saturated carbocycles. The van der Waals surface area contributed by atoms with Crippen molar-refractivity contribution in [3.8, 4) is 0 Å². The second-order valence-corrected chi connectivity index (χ2v) is 21.6. The van der Waals surface area contributed by atoms with E-state index in [2.05, 4.69) is 31.9 Å². The Kier molecular flexibility index (Phi) is 27.5. The van der Waals surface area contributed by atoms with Crippen molar-refractivity contribution < 1.29 is 33.0 Å². The van der Waals surface area contributed by atoms with Gasteiger partial charge >= 0.3 is 12.1 Å². The minimum atomic E-state index is -0.567. The van der Waals surface area contributed by atoms with Gasteiger partial charge < -0.3 is 51.2 Å². The second kappa shape index (κ2) is 33.3. The number of likely N-dealkylation sites (tertiary alicyclic amines) is 2. The van der Waals surface area contributed by atoms with E-state index < -0.39 is 11.9 Å². The number of hydrogen-bond donors (Lipinski definition) is 6. The SMILES string of the molecule is CCC(=O)NCCO[C@@H](c1cccc(Cl)c1)[C@@H]1CCCN(C(=O)N[C@H](CNC)CC2CCCCC2)C1.CCC(=O)NCCO[C@@H](c1cccc(Cl)c1F)C1CCCN(C(=O)N[C@H](CNC)CC2CCCCC2)C1. The quantitative estimate of drug-likeness (QED) is 0.0566. The number of nitrogens with zero attached hydrogens (tertiary/aromatic N) is 2. The summed E-state index contributed by atoms with van der Waals surface area (Å²) in [6.07, 6.45) is 18.5. The molecule has 2 aromatic rings. The monoisotopic (exact) mass is 1060 g/mol. The molecule has 6 N–H and O–H groups in total. The molecule has 410 valence electrons. The zero-order valence-electron chi connectivity index (χ0n) is 44.4. The molecule has 4 fully saturated rings. The van der Waals surface area contributed by atoms with Gasteiger partial charge in [0.1, 0.15) is 5.82 Å². The van der Waals surface area contributed by atoms with Crippen molar-refractivity contribution in [1.82, 2.24) is 41.7 Å². The van der Waals surface area contributed by atoms with Crippen molar-refractivity contribution in [2.45, 2.75) is 154 Å². The van der Waals surface area contributed by atoms with Gasteiger partial charge in [0.2, 0.25) is 11.8 Å². The number of benzene rings is 2. The Hall–Kier alpha value is -3.73. The molecule has 6 atom stereocenters. The first kappa shape index (κ1) is 60.1. The van der Waals surface area contributed by atoms with Gasteiger partial charge in [-0.3, -0.25) is 9.59 Å². The van der Waals surface area contributed by atoms with Crippen molar-refractivity contribution in [1.29, 1.82) is 0 Å². The Morgan fingerprint density at radius 1 is 0.644 bits per heavy atom. The molecule has 2 heterocycles. The first-order valence-corrected chi connectivity index (χ1v) is 28.5. The predicted molar refractivity (Wildman–Crippen MR) is 290 cm³/mol. The third-order valence-corrected chi connectivity index (χ3v) is 15.7. The number of halogens is 3. The summed E-state index contributed by atoms with van der Waals surface area (Å²) in [4.78, 5) is 53.7. The number of hydrogen-bond acceptors (Lipinski definition) is 8. The fourth-order valence-electron chi connectivity index (χ4n) is 11.4. The summed E-state index contributed by atoms with van der Waals surface area (Å²) in [5.41, 5.74) is 1.41. The van der Waals surface area contributed by atoms with Gasteiger partial charge in [-0.1, -0.05) is 126 Å². The van der Waals surface area contributed by atoms with E-state index in [9.17, 15) is 19.2 Å². The second-order valence-electron chi connectivity index (χ2n) is 20.8. The molecule has 0 radical (unpaired) electrons. The normalized spacial score (nSPS) is 20.4. The van der Waals surface area contributed by atoms with Crippen LogP contribution in [0.4, 0.5) is 14.0 Å². The number of likely N-dealkylation sites (N-methyl/N-ethyl adjacent to an activating group) is 2. The highest BCUT2D eigenvalue weighted by Gasteiger charge is 2.35. The minimum absolute atomic E-state index is 0.0165. The lowest BCUT2D eigenvalue weighted by Crippen LogP contribution is -2.52. The summed E-state index contributed by atoms with van der Waals surface area (Å²) in [7, 11) is 3.87. The van der Waals surface area contributed by atoms with Crippen LogP contribution in [-0.2, 0) is 19.1 Å². The van der Waals surface area contributed by atoms with Gasteiger partial charge in [-0.05, 0) is 88.2 Å². The Morgan fingerprint density at radius 2 is 1.12 bits per heavy atom. The number of ether oxygens (including phenoxy) is 2.